The molecule has 4 nitrogen and oxygen atoms in total. The van der Waals surface area contributed by atoms with Crippen molar-refractivity contribution in [2.24, 2.45) is 0 Å². The van der Waals surface area contributed by atoms with Gasteiger partial charge in [-0.05, 0) is 37.2 Å². The van der Waals surface area contributed by atoms with E-state index < -0.39 is 0 Å². The maximum Gasteiger partial charge on any atom is 0.170 e. The van der Waals surface area contributed by atoms with Crippen molar-refractivity contribution in [1.82, 2.24) is 10.3 Å². The summed E-state index contributed by atoms with van der Waals surface area (Å²) < 4.78 is 5.49. The second-order valence-corrected chi connectivity index (χ2v) is 4.58. The normalized spacial score (nSPS) is 19.0. The molecule has 17 heavy (non-hydrogen) atoms. The Morgan fingerprint density at radius 2 is 2.53 bits per heavy atom. The number of ether oxygens (including phenoxy) is 1. The number of pyridine rings is 1. The predicted octanol–water partition coefficient (Wildman–Crippen LogP) is 2.20. The van der Waals surface area contributed by atoms with Gasteiger partial charge in [0.25, 0.3) is 0 Å². The summed E-state index contributed by atoms with van der Waals surface area (Å²) in [6.07, 6.45) is 4.11. The molecule has 1 saturated heterocycles. The Hall–Kier alpha value is -0.910. The number of anilines is 1. The highest BCUT2D eigenvalue weighted by molar-refractivity contribution is 7.80. The molecule has 0 bridgehead atoms. The minimum absolute atomic E-state index is 0.263. The van der Waals surface area contributed by atoms with Gasteiger partial charge < -0.3 is 15.4 Å². The molecule has 2 rings (SSSR count). The molecule has 0 amide bonds. The smallest absolute Gasteiger partial charge is 0.170 e. The molecule has 1 aliphatic heterocycles. The monoisotopic (exact) mass is 271 g/mol. The standard InChI is InChI=1S/C11H14ClN3OS/c12-10-9(4-1-5-13-10)15-11(17)14-7-8-3-2-6-16-8/h1,4-5,8H,2-3,6-7H2,(H2,14,15,17)/t8-/m0/s1. The van der Waals surface area contributed by atoms with Crippen LogP contribution in [0.1, 0.15) is 12.8 Å². The Bertz CT molecular complexity index is 396. The number of hydrogen-bond donors (Lipinski definition) is 2. The zero-order valence-corrected chi connectivity index (χ0v) is 10.9. The van der Waals surface area contributed by atoms with Crippen LogP contribution >= 0.6 is 23.8 Å². The van der Waals surface area contributed by atoms with Gasteiger partial charge >= 0.3 is 0 Å². The zero-order valence-electron chi connectivity index (χ0n) is 9.28. The predicted molar refractivity (Wildman–Crippen MR) is 72.4 cm³/mol. The first-order valence-electron chi connectivity index (χ1n) is 5.52. The molecular weight excluding hydrogens is 258 g/mol. The molecule has 92 valence electrons. The van der Waals surface area contributed by atoms with E-state index in [1.165, 1.54) is 0 Å². The van der Waals surface area contributed by atoms with Crippen LogP contribution in [-0.2, 0) is 4.74 Å². The number of nitrogens with zero attached hydrogens (tertiary/aromatic N) is 1. The molecule has 0 aromatic carbocycles. The van der Waals surface area contributed by atoms with Gasteiger partial charge in [-0.15, -0.1) is 0 Å². The lowest BCUT2D eigenvalue weighted by Crippen LogP contribution is -2.34. The number of thiocarbonyl (C=S) groups is 1. The summed E-state index contributed by atoms with van der Waals surface area (Å²) in [5, 5.41) is 7.06. The molecule has 0 aliphatic carbocycles. The van der Waals surface area contributed by atoms with Crippen LogP contribution in [0.25, 0.3) is 0 Å². The second-order valence-electron chi connectivity index (χ2n) is 3.81. The molecule has 0 saturated carbocycles. The molecule has 1 fully saturated rings. The summed E-state index contributed by atoms with van der Waals surface area (Å²) >= 11 is 11.1. The van der Waals surface area contributed by atoms with Gasteiger partial charge in [0, 0.05) is 19.3 Å². The number of rotatable bonds is 3. The molecule has 1 aromatic rings. The first kappa shape index (κ1) is 12.5. The van der Waals surface area contributed by atoms with Crippen LogP contribution < -0.4 is 10.6 Å². The van der Waals surface area contributed by atoms with Crippen LogP contribution in [0.5, 0.6) is 0 Å². The minimum Gasteiger partial charge on any atom is -0.376 e. The Labute approximate surface area is 111 Å². The van der Waals surface area contributed by atoms with Gasteiger partial charge in [-0.2, -0.15) is 0 Å². The Morgan fingerprint density at radius 1 is 1.65 bits per heavy atom. The summed E-state index contributed by atoms with van der Waals surface area (Å²) in [6, 6.07) is 3.63. The van der Waals surface area contributed by atoms with Crippen LogP contribution in [0.15, 0.2) is 18.3 Å². The van der Waals surface area contributed by atoms with E-state index in [-0.39, 0.29) is 6.10 Å². The van der Waals surface area contributed by atoms with E-state index in [0.717, 1.165) is 26.0 Å². The number of aromatic nitrogens is 1. The first-order chi connectivity index (χ1) is 8.25. The summed E-state index contributed by atoms with van der Waals surface area (Å²) in [7, 11) is 0. The lowest BCUT2D eigenvalue weighted by Gasteiger charge is -2.14. The van der Waals surface area contributed by atoms with E-state index in [2.05, 4.69) is 15.6 Å². The fourth-order valence-corrected chi connectivity index (χ4v) is 2.02. The fraction of sp³-hybridized carbons (Fsp3) is 0.455. The first-order valence-corrected chi connectivity index (χ1v) is 6.31. The number of halogens is 1. The van der Waals surface area contributed by atoms with Crippen molar-refractivity contribution < 1.29 is 4.74 Å². The van der Waals surface area contributed by atoms with Crippen LogP contribution in [0.3, 0.4) is 0 Å². The van der Waals surface area contributed by atoms with Crippen molar-refractivity contribution in [2.45, 2.75) is 18.9 Å². The third kappa shape index (κ3) is 3.80. The molecule has 2 heterocycles. The molecule has 2 N–H and O–H groups in total. The van der Waals surface area contributed by atoms with E-state index in [9.17, 15) is 0 Å². The third-order valence-corrected chi connectivity index (χ3v) is 3.07. The van der Waals surface area contributed by atoms with Gasteiger partial charge in [0.1, 0.15) is 0 Å². The maximum atomic E-state index is 5.91. The fourth-order valence-electron chi connectivity index (χ4n) is 1.66. The molecule has 1 aromatic heterocycles. The van der Waals surface area contributed by atoms with E-state index >= 15 is 0 Å². The van der Waals surface area contributed by atoms with Crippen LogP contribution in [0.2, 0.25) is 5.15 Å². The van der Waals surface area contributed by atoms with Crippen LogP contribution in [0.4, 0.5) is 5.69 Å². The number of nitrogens with one attached hydrogen (secondary N) is 2. The lowest BCUT2D eigenvalue weighted by molar-refractivity contribution is 0.114. The SMILES string of the molecule is S=C(NC[C@@H]1CCCO1)Nc1cccnc1Cl. The Balaban J connectivity index is 1.79. The minimum atomic E-state index is 0.263. The van der Waals surface area contributed by atoms with Crippen molar-refractivity contribution in [3.63, 3.8) is 0 Å². The summed E-state index contributed by atoms with van der Waals surface area (Å²) in [5.74, 6) is 0. The molecule has 0 unspecified atom stereocenters. The van der Waals surface area contributed by atoms with Gasteiger partial charge in [0.2, 0.25) is 0 Å². The number of hydrogen-bond acceptors (Lipinski definition) is 3. The molecule has 1 aliphatic rings. The quantitative estimate of drug-likeness (QED) is 0.652. The largest absolute Gasteiger partial charge is 0.376 e. The van der Waals surface area contributed by atoms with E-state index in [1.54, 1.807) is 12.3 Å². The van der Waals surface area contributed by atoms with Crippen molar-refractivity contribution >= 4 is 34.6 Å². The van der Waals surface area contributed by atoms with Gasteiger partial charge in [0.05, 0.1) is 11.8 Å². The molecule has 0 spiro atoms. The van der Waals surface area contributed by atoms with Crippen molar-refractivity contribution in [1.29, 1.82) is 0 Å². The highest BCUT2D eigenvalue weighted by Crippen LogP contribution is 2.17. The van der Waals surface area contributed by atoms with Gasteiger partial charge in [0.15, 0.2) is 10.3 Å². The molecular formula is C11H14ClN3OS. The topological polar surface area (TPSA) is 46.2 Å². The molecule has 6 heteroatoms. The van der Waals surface area contributed by atoms with E-state index in [0.29, 0.717) is 16.0 Å². The Kier molecular flexibility index (Phi) is 4.53. The van der Waals surface area contributed by atoms with E-state index in [1.807, 2.05) is 6.07 Å². The van der Waals surface area contributed by atoms with Crippen molar-refractivity contribution in [3.8, 4) is 0 Å². The third-order valence-electron chi connectivity index (χ3n) is 2.52. The van der Waals surface area contributed by atoms with Gasteiger partial charge in [-0.25, -0.2) is 4.98 Å². The van der Waals surface area contributed by atoms with Crippen LogP contribution in [0, 0.1) is 0 Å². The molecule has 0 radical (unpaired) electrons. The summed E-state index contributed by atoms with van der Waals surface area (Å²) in [6.45, 7) is 1.57. The average molecular weight is 272 g/mol. The highest BCUT2D eigenvalue weighted by Gasteiger charge is 2.15. The Morgan fingerprint density at radius 3 is 3.24 bits per heavy atom. The van der Waals surface area contributed by atoms with E-state index in [4.69, 9.17) is 28.6 Å². The summed E-state index contributed by atoms with van der Waals surface area (Å²) in [4.78, 5) is 3.96. The zero-order chi connectivity index (χ0) is 12.1. The van der Waals surface area contributed by atoms with Gasteiger partial charge in [-0.3, -0.25) is 0 Å². The second kappa shape index (κ2) is 6.14. The molecule has 1 atom stereocenters. The average Bonchev–Trinajstić information content (AvgIpc) is 2.82. The van der Waals surface area contributed by atoms with Gasteiger partial charge in [-0.1, -0.05) is 11.6 Å². The van der Waals surface area contributed by atoms with Crippen LogP contribution in [-0.4, -0.2) is 29.4 Å². The summed E-state index contributed by atoms with van der Waals surface area (Å²) in [5.41, 5.74) is 0.707. The van der Waals surface area contributed by atoms with Crippen molar-refractivity contribution in [3.05, 3.63) is 23.5 Å². The van der Waals surface area contributed by atoms with Crippen molar-refractivity contribution in [2.75, 3.05) is 18.5 Å². The lowest BCUT2D eigenvalue weighted by atomic mass is 10.2. The highest BCUT2D eigenvalue weighted by atomic mass is 35.5. The maximum absolute atomic E-state index is 5.91.